The van der Waals surface area contributed by atoms with E-state index in [0.29, 0.717) is 0 Å². The second kappa shape index (κ2) is 7.66. The van der Waals surface area contributed by atoms with Crippen molar-refractivity contribution in [3.8, 4) is 11.5 Å². The molecule has 6 heteroatoms. The quantitative estimate of drug-likeness (QED) is 0.847. The zero-order valence-electron chi connectivity index (χ0n) is 14.5. The van der Waals surface area contributed by atoms with E-state index in [0.717, 1.165) is 44.2 Å². The van der Waals surface area contributed by atoms with Crippen molar-refractivity contribution in [2.45, 2.75) is 26.4 Å². The summed E-state index contributed by atoms with van der Waals surface area (Å²) in [6.07, 6.45) is 0. The highest BCUT2D eigenvalue weighted by Gasteiger charge is 2.24. The number of ether oxygens (including phenoxy) is 2. The molecule has 0 radical (unpaired) electrons. The van der Waals surface area contributed by atoms with E-state index in [1.165, 1.54) is 11.1 Å². The molecule has 2 rings (SSSR count). The highest BCUT2D eigenvalue weighted by molar-refractivity contribution is 5.79. The number of piperazine rings is 1. The molecule has 1 saturated heterocycles. The summed E-state index contributed by atoms with van der Waals surface area (Å²) in [5.74, 6) is 1.26. The maximum absolute atomic E-state index is 11.3. The topological polar surface area (TPSA) is 68.0 Å². The highest BCUT2D eigenvalue weighted by Crippen LogP contribution is 2.31. The van der Waals surface area contributed by atoms with Crippen LogP contribution in [0.5, 0.6) is 11.5 Å². The van der Waals surface area contributed by atoms with Gasteiger partial charge < -0.3 is 15.2 Å². The minimum atomic E-state index is -0.255. The maximum Gasteiger partial charge on any atom is 0.234 e. The first-order chi connectivity index (χ1) is 11.0. The minimum Gasteiger partial charge on any atom is -0.493 e. The highest BCUT2D eigenvalue weighted by atomic mass is 16.5. The van der Waals surface area contributed by atoms with Gasteiger partial charge >= 0.3 is 0 Å². The number of methoxy groups -OCH3 is 2. The van der Waals surface area contributed by atoms with Gasteiger partial charge in [-0.25, -0.2) is 0 Å². The van der Waals surface area contributed by atoms with E-state index in [4.69, 9.17) is 15.2 Å². The molecule has 0 saturated carbocycles. The fraction of sp³-hybridized carbons (Fsp3) is 0.588. The Kier molecular flexibility index (Phi) is 5.85. The normalized spacial score (nSPS) is 17.7. The fourth-order valence-corrected chi connectivity index (χ4v) is 2.92. The molecule has 1 aromatic rings. The van der Waals surface area contributed by atoms with Gasteiger partial charge in [-0.05, 0) is 37.1 Å². The number of primary amides is 1. The van der Waals surface area contributed by atoms with E-state index in [-0.39, 0.29) is 11.9 Å². The van der Waals surface area contributed by atoms with Gasteiger partial charge in [-0.15, -0.1) is 0 Å². The summed E-state index contributed by atoms with van der Waals surface area (Å²) in [7, 11) is 3.30. The van der Waals surface area contributed by atoms with Gasteiger partial charge in [0.1, 0.15) is 0 Å². The number of aryl methyl sites for hydroxylation is 1. The van der Waals surface area contributed by atoms with Crippen LogP contribution in [0, 0.1) is 6.92 Å². The van der Waals surface area contributed by atoms with Gasteiger partial charge in [0, 0.05) is 32.7 Å². The third-order valence-corrected chi connectivity index (χ3v) is 4.60. The van der Waals surface area contributed by atoms with Crippen LogP contribution in [0.25, 0.3) is 0 Å². The number of benzene rings is 1. The number of hydrogen-bond acceptors (Lipinski definition) is 5. The van der Waals surface area contributed by atoms with Crippen LogP contribution in [0.2, 0.25) is 0 Å². The first kappa shape index (κ1) is 17.6. The summed E-state index contributed by atoms with van der Waals surface area (Å²) < 4.78 is 10.7. The molecule has 2 N–H and O–H groups in total. The average molecular weight is 321 g/mol. The zero-order valence-corrected chi connectivity index (χ0v) is 14.5. The van der Waals surface area contributed by atoms with Crippen molar-refractivity contribution in [2.75, 3.05) is 40.4 Å². The second-order valence-electron chi connectivity index (χ2n) is 6.02. The third-order valence-electron chi connectivity index (χ3n) is 4.60. The van der Waals surface area contributed by atoms with Crippen molar-refractivity contribution in [1.29, 1.82) is 0 Å². The van der Waals surface area contributed by atoms with Gasteiger partial charge in [-0.3, -0.25) is 14.6 Å². The van der Waals surface area contributed by atoms with E-state index in [1.807, 2.05) is 19.1 Å². The van der Waals surface area contributed by atoms with Crippen LogP contribution in [0.15, 0.2) is 12.1 Å². The standard InChI is InChI=1S/C17H27N3O3/c1-12-9-15(22-3)16(23-4)10-14(12)11-19-5-7-20(8-6-19)13(2)17(18)21/h9-10,13H,5-8,11H2,1-4H3,(H2,18,21)/t13-/m1/s1. The first-order valence-electron chi connectivity index (χ1n) is 7.93. The average Bonchev–Trinajstić information content (AvgIpc) is 2.56. The Hall–Kier alpha value is -1.79. The van der Waals surface area contributed by atoms with Gasteiger partial charge in [-0.1, -0.05) is 0 Å². The Morgan fingerprint density at radius 3 is 2.26 bits per heavy atom. The predicted molar refractivity (Wildman–Crippen MR) is 89.8 cm³/mol. The number of carbonyl (C=O) groups excluding carboxylic acids is 1. The summed E-state index contributed by atoms with van der Waals surface area (Å²) >= 11 is 0. The zero-order chi connectivity index (χ0) is 17.0. The SMILES string of the molecule is COc1cc(C)c(CN2CCN([C@H](C)C(N)=O)CC2)cc1OC. The van der Waals surface area contributed by atoms with Crippen molar-refractivity contribution in [1.82, 2.24) is 9.80 Å². The third kappa shape index (κ3) is 4.14. The Morgan fingerprint density at radius 2 is 1.74 bits per heavy atom. The smallest absolute Gasteiger partial charge is 0.234 e. The van der Waals surface area contributed by atoms with Gasteiger partial charge in [0.05, 0.1) is 20.3 Å². The van der Waals surface area contributed by atoms with Crippen molar-refractivity contribution < 1.29 is 14.3 Å². The molecule has 1 fully saturated rings. The number of carbonyl (C=O) groups is 1. The molecule has 0 aliphatic carbocycles. The molecule has 1 aromatic carbocycles. The lowest BCUT2D eigenvalue weighted by molar-refractivity contribution is -0.123. The van der Waals surface area contributed by atoms with Crippen LogP contribution in [0.4, 0.5) is 0 Å². The minimum absolute atomic E-state index is 0.194. The van der Waals surface area contributed by atoms with Crippen LogP contribution in [-0.2, 0) is 11.3 Å². The molecule has 1 amide bonds. The van der Waals surface area contributed by atoms with Crippen LogP contribution in [-0.4, -0.2) is 62.1 Å². The summed E-state index contributed by atoms with van der Waals surface area (Å²) in [5.41, 5.74) is 7.81. The van der Waals surface area contributed by atoms with Gasteiger partial charge in [0.2, 0.25) is 5.91 Å². The molecule has 1 aliphatic rings. The van der Waals surface area contributed by atoms with Crippen LogP contribution in [0.1, 0.15) is 18.1 Å². The summed E-state index contributed by atoms with van der Waals surface area (Å²) in [4.78, 5) is 15.8. The van der Waals surface area contributed by atoms with Crippen molar-refractivity contribution in [3.05, 3.63) is 23.3 Å². The number of rotatable bonds is 6. The Balaban J connectivity index is 2.00. The summed E-state index contributed by atoms with van der Waals surface area (Å²) in [6, 6.07) is 3.87. The lowest BCUT2D eigenvalue weighted by atomic mass is 10.1. The lowest BCUT2D eigenvalue weighted by Crippen LogP contribution is -2.52. The van der Waals surface area contributed by atoms with E-state index in [2.05, 4.69) is 16.7 Å². The van der Waals surface area contributed by atoms with Crippen LogP contribution in [0.3, 0.4) is 0 Å². The molecule has 23 heavy (non-hydrogen) atoms. The van der Waals surface area contributed by atoms with Crippen molar-refractivity contribution >= 4 is 5.91 Å². The Labute approximate surface area is 138 Å². The molecule has 1 atom stereocenters. The number of nitrogens with zero attached hydrogens (tertiary/aromatic N) is 2. The summed E-state index contributed by atoms with van der Waals surface area (Å²) in [6.45, 7) is 8.38. The molecule has 0 aromatic heterocycles. The van der Waals surface area contributed by atoms with E-state index >= 15 is 0 Å². The van der Waals surface area contributed by atoms with Gasteiger partial charge in [0.25, 0.3) is 0 Å². The number of amides is 1. The van der Waals surface area contributed by atoms with E-state index in [9.17, 15) is 4.79 Å². The van der Waals surface area contributed by atoms with E-state index < -0.39 is 0 Å². The molecule has 0 spiro atoms. The first-order valence-corrected chi connectivity index (χ1v) is 7.93. The molecular weight excluding hydrogens is 294 g/mol. The molecule has 128 valence electrons. The van der Waals surface area contributed by atoms with Crippen LogP contribution < -0.4 is 15.2 Å². The maximum atomic E-state index is 11.3. The van der Waals surface area contributed by atoms with Gasteiger partial charge in [0.15, 0.2) is 11.5 Å². The molecule has 1 heterocycles. The summed E-state index contributed by atoms with van der Waals surface area (Å²) in [5, 5.41) is 0. The van der Waals surface area contributed by atoms with Crippen molar-refractivity contribution in [3.63, 3.8) is 0 Å². The van der Waals surface area contributed by atoms with Crippen molar-refractivity contribution in [2.24, 2.45) is 5.73 Å². The Bertz CT molecular complexity index is 554. The molecular formula is C17H27N3O3. The van der Waals surface area contributed by atoms with Crippen LogP contribution >= 0.6 is 0 Å². The Morgan fingerprint density at radius 1 is 1.17 bits per heavy atom. The molecule has 0 unspecified atom stereocenters. The van der Waals surface area contributed by atoms with E-state index in [1.54, 1.807) is 14.2 Å². The largest absolute Gasteiger partial charge is 0.493 e. The van der Waals surface area contributed by atoms with Gasteiger partial charge in [-0.2, -0.15) is 0 Å². The fourth-order valence-electron chi connectivity index (χ4n) is 2.92. The molecule has 6 nitrogen and oxygen atoms in total. The lowest BCUT2D eigenvalue weighted by Gasteiger charge is -2.37. The number of nitrogens with two attached hydrogens (primary N) is 1. The number of hydrogen-bond donors (Lipinski definition) is 1. The molecule has 0 bridgehead atoms. The molecule has 1 aliphatic heterocycles. The second-order valence-corrected chi connectivity index (χ2v) is 6.02. The predicted octanol–water partition coefficient (Wildman–Crippen LogP) is 1.00. The monoisotopic (exact) mass is 321 g/mol.